The van der Waals surface area contributed by atoms with Gasteiger partial charge < -0.3 is 19.5 Å². The van der Waals surface area contributed by atoms with Crippen LogP contribution in [-0.2, 0) is 4.65 Å². The van der Waals surface area contributed by atoms with Gasteiger partial charge in [0.1, 0.15) is 0 Å². The van der Waals surface area contributed by atoms with Gasteiger partial charge in [0.15, 0.2) is 5.75 Å². The minimum Gasteiger partial charge on any atom is -0.490 e. The Morgan fingerprint density at radius 2 is 1.86 bits per heavy atom. The van der Waals surface area contributed by atoms with Crippen LogP contribution >= 0.6 is 0 Å². The summed E-state index contributed by atoms with van der Waals surface area (Å²) < 4.78 is 10.3. The van der Waals surface area contributed by atoms with E-state index in [2.05, 4.69) is 0 Å². The molecule has 21 heavy (non-hydrogen) atoms. The number of aliphatic hydroxyl groups is 1. The van der Waals surface area contributed by atoms with Gasteiger partial charge >= 0.3 is 12.8 Å². The molecule has 0 heterocycles. The number of nitro groups is 1. The second kappa shape index (κ2) is 6.01. The molecular weight excluding hydrogens is 277 g/mol. The number of nitro benzene ring substituents is 1. The van der Waals surface area contributed by atoms with E-state index in [1.54, 1.807) is 27.7 Å². The molecule has 0 spiro atoms. The van der Waals surface area contributed by atoms with Crippen molar-refractivity contribution in [3.63, 3.8) is 0 Å². The van der Waals surface area contributed by atoms with Gasteiger partial charge in [-0.3, -0.25) is 10.1 Å². The molecule has 1 aromatic rings. The number of hydrogen-bond acceptors (Lipinski definition) is 6. The third kappa shape index (κ3) is 3.93. The van der Waals surface area contributed by atoms with Crippen LogP contribution in [0.3, 0.4) is 0 Å². The summed E-state index contributed by atoms with van der Waals surface area (Å²) in [7, 11) is -0.0807. The first-order valence-electron chi connectivity index (χ1n) is 6.40. The lowest BCUT2D eigenvalue weighted by molar-refractivity contribution is -0.385. The van der Waals surface area contributed by atoms with Crippen molar-refractivity contribution in [2.24, 2.45) is 0 Å². The van der Waals surface area contributed by atoms with E-state index in [9.17, 15) is 20.2 Å². The standard InChI is InChI=1S/C13H20BNO6/c1-12(2,16)13(3,4)21-14(17)9-6-7-11(20-5)10(8-9)15(18)19/h6-8,16-17H,1-5H3. The number of ether oxygens (including phenoxy) is 1. The Bertz CT molecular complexity index is 526. The maximum atomic E-state index is 11.0. The van der Waals surface area contributed by atoms with Crippen LogP contribution in [0.25, 0.3) is 0 Å². The molecule has 0 saturated heterocycles. The molecule has 0 radical (unpaired) electrons. The molecular formula is C13H20BNO6. The van der Waals surface area contributed by atoms with Crippen molar-refractivity contribution < 1.29 is 24.4 Å². The number of rotatable bonds is 6. The molecule has 0 fully saturated rings. The van der Waals surface area contributed by atoms with Crippen molar-refractivity contribution >= 4 is 18.3 Å². The number of benzene rings is 1. The highest BCUT2D eigenvalue weighted by atomic mass is 16.6. The first-order valence-corrected chi connectivity index (χ1v) is 6.40. The molecule has 0 atom stereocenters. The third-order valence-corrected chi connectivity index (χ3v) is 3.56. The molecule has 0 aromatic heterocycles. The van der Waals surface area contributed by atoms with E-state index in [0.717, 1.165) is 0 Å². The summed E-state index contributed by atoms with van der Waals surface area (Å²) in [6.45, 7) is 6.34. The van der Waals surface area contributed by atoms with Gasteiger partial charge in [-0.05, 0) is 39.2 Å². The Morgan fingerprint density at radius 1 is 1.29 bits per heavy atom. The molecule has 0 saturated carbocycles. The normalized spacial score (nSPS) is 12.1. The van der Waals surface area contributed by atoms with Crippen molar-refractivity contribution in [1.29, 1.82) is 0 Å². The van der Waals surface area contributed by atoms with E-state index >= 15 is 0 Å². The quantitative estimate of drug-likeness (QED) is 0.458. The maximum absolute atomic E-state index is 11.0. The molecule has 0 aliphatic heterocycles. The Morgan fingerprint density at radius 3 is 2.29 bits per heavy atom. The minimum absolute atomic E-state index is 0.0951. The molecule has 0 unspecified atom stereocenters. The molecule has 0 bridgehead atoms. The van der Waals surface area contributed by atoms with Crippen LogP contribution in [0.5, 0.6) is 5.75 Å². The molecule has 2 N–H and O–H groups in total. The van der Waals surface area contributed by atoms with Gasteiger partial charge in [0, 0.05) is 6.07 Å². The molecule has 0 amide bonds. The van der Waals surface area contributed by atoms with Crippen molar-refractivity contribution in [3.05, 3.63) is 28.3 Å². The van der Waals surface area contributed by atoms with Crippen molar-refractivity contribution in [3.8, 4) is 5.75 Å². The van der Waals surface area contributed by atoms with Gasteiger partial charge in [-0.1, -0.05) is 6.07 Å². The largest absolute Gasteiger partial charge is 0.491 e. The van der Waals surface area contributed by atoms with Crippen LogP contribution in [0, 0.1) is 10.1 Å². The summed E-state index contributed by atoms with van der Waals surface area (Å²) >= 11 is 0. The van der Waals surface area contributed by atoms with E-state index in [1.807, 2.05) is 0 Å². The maximum Gasteiger partial charge on any atom is 0.491 e. The van der Waals surface area contributed by atoms with Crippen molar-refractivity contribution in [2.75, 3.05) is 7.11 Å². The lowest BCUT2D eigenvalue weighted by Gasteiger charge is -2.38. The molecule has 1 aromatic carbocycles. The molecule has 0 aliphatic carbocycles. The van der Waals surface area contributed by atoms with Gasteiger partial charge in [-0.15, -0.1) is 0 Å². The Hall–Kier alpha value is -1.64. The van der Waals surface area contributed by atoms with Gasteiger partial charge in [0.2, 0.25) is 0 Å². The predicted molar refractivity (Wildman–Crippen MR) is 78.7 cm³/mol. The summed E-state index contributed by atoms with van der Waals surface area (Å²) in [5.74, 6) is 0.0951. The summed E-state index contributed by atoms with van der Waals surface area (Å²) in [6, 6.07) is 4.04. The highest BCUT2D eigenvalue weighted by Crippen LogP contribution is 2.27. The van der Waals surface area contributed by atoms with Crippen molar-refractivity contribution in [1.82, 2.24) is 0 Å². The fourth-order valence-electron chi connectivity index (χ4n) is 1.49. The zero-order chi connectivity index (χ0) is 16.4. The third-order valence-electron chi connectivity index (χ3n) is 3.56. The first-order chi connectivity index (χ1) is 9.49. The van der Waals surface area contributed by atoms with Crippen LogP contribution in [0.15, 0.2) is 18.2 Å². The summed E-state index contributed by atoms with van der Waals surface area (Å²) in [5, 5.41) is 31.1. The summed E-state index contributed by atoms with van der Waals surface area (Å²) in [6.07, 6.45) is 0. The average molecular weight is 297 g/mol. The smallest absolute Gasteiger partial charge is 0.490 e. The summed E-state index contributed by atoms with van der Waals surface area (Å²) in [4.78, 5) is 10.4. The van der Waals surface area contributed by atoms with Crippen LogP contribution < -0.4 is 10.2 Å². The van der Waals surface area contributed by atoms with Gasteiger partial charge in [-0.25, -0.2) is 0 Å². The summed E-state index contributed by atoms with van der Waals surface area (Å²) in [5.41, 5.74) is -2.31. The van der Waals surface area contributed by atoms with Crippen LogP contribution in [0.2, 0.25) is 0 Å². The molecule has 7 nitrogen and oxygen atoms in total. The zero-order valence-corrected chi connectivity index (χ0v) is 12.8. The molecule has 8 heteroatoms. The van der Waals surface area contributed by atoms with E-state index in [-0.39, 0.29) is 16.9 Å². The number of methoxy groups -OCH3 is 1. The molecule has 116 valence electrons. The fraction of sp³-hybridized carbons (Fsp3) is 0.538. The molecule has 1 rings (SSSR count). The lowest BCUT2D eigenvalue weighted by Crippen LogP contribution is -2.53. The van der Waals surface area contributed by atoms with Gasteiger partial charge in [0.25, 0.3) is 0 Å². The zero-order valence-electron chi connectivity index (χ0n) is 12.8. The van der Waals surface area contributed by atoms with E-state index in [4.69, 9.17) is 9.39 Å². The first kappa shape index (κ1) is 17.4. The van der Waals surface area contributed by atoms with Crippen LogP contribution in [0.4, 0.5) is 5.69 Å². The lowest BCUT2D eigenvalue weighted by atomic mass is 9.76. The monoisotopic (exact) mass is 297 g/mol. The number of hydrogen-bond donors (Lipinski definition) is 2. The molecule has 0 aliphatic rings. The van der Waals surface area contributed by atoms with Crippen LogP contribution in [0.1, 0.15) is 27.7 Å². The van der Waals surface area contributed by atoms with Crippen LogP contribution in [-0.4, -0.2) is 40.5 Å². The second-order valence-corrected chi connectivity index (χ2v) is 5.73. The number of nitrogens with zero attached hydrogens (tertiary/aromatic N) is 1. The highest BCUT2D eigenvalue weighted by molar-refractivity contribution is 6.60. The minimum atomic E-state index is -1.41. The Kier molecular flexibility index (Phi) is 4.98. The fourth-order valence-corrected chi connectivity index (χ4v) is 1.49. The highest BCUT2D eigenvalue weighted by Gasteiger charge is 2.39. The van der Waals surface area contributed by atoms with Gasteiger partial charge in [-0.2, -0.15) is 0 Å². The van der Waals surface area contributed by atoms with E-state index in [1.165, 1.54) is 25.3 Å². The Labute approximate surface area is 123 Å². The predicted octanol–water partition coefficient (Wildman–Crippen LogP) is 0.857. The Balaban J connectivity index is 3.06. The van der Waals surface area contributed by atoms with Crippen molar-refractivity contribution in [2.45, 2.75) is 38.9 Å². The van der Waals surface area contributed by atoms with E-state index in [0.29, 0.717) is 0 Å². The van der Waals surface area contributed by atoms with E-state index < -0.39 is 23.2 Å². The van der Waals surface area contributed by atoms with Gasteiger partial charge in [0.05, 0.1) is 23.2 Å². The topological polar surface area (TPSA) is 102 Å². The second-order valence-electron chi connectivity index (χ2n) is 5.73. The SMILES string of the molecule is COc1ccc(B(O)OC(C)(C)C(C)(C)O)cc1[N+](=O)[O-]. The average Bonchev–Trinajstić information content (AvgIpc) is 2.35.